The van der Waals surface area contributed by atoms with Crippen molar-refractivity contribution in [1.29, 1.82) is 0 Å². The number of aryl methyl sites for hydroxylation is 2. The molecule has 1 N–H and O–H groups in total. The SMILES string of the molecule is CCC(NC(=O)c1ccc([N+](=O)[O-])c(C)c1)c1nc(C)cs1. The fourth-order valence-corrected chi connectivity index (χ4v) is 3.04. The Morgan fingerprint density at radius 2 is 2.18 bits per heavy atom. The molecule has 1 aromatic carbocycles. The van der Waals surface area contributed by atoms with Crippen LogP contribution in [0.3, 0.4) is 0 Å². The molecule has 1 amide bonds. The predicted molar refractivity (Wildman–Crippen MR) is 85.2 cm³/mol. The summed E-state index contributed by atoms with van der Waals surface area (Å²) in [6, 6.07) is 4.22. The van der Waals surface area contributed by atoms with Crippen LogP contribution in [0.4, 0.5) is 5.69 Å². The molecule has 1 heterocycles. The first-order chi connectivity index (χ1) is 10.4. The first-order valence-electron chi connectivity index (χ1n) is 6.90. The van der Waals surface area contributed by atoms with E-state index in [2.05, 4.69) is 10.3 Å². The molecule has 116 valence electrons. The molecular formula is C15H17N3O3S. The van der Waals surface area contributed by atoms with E-state index < -0.39 is 4.92 Å². The smallest absolute Gasteiger partial charge is 0.272 e. The highest BCUT2D eigenvalue weighted by Gasteiger charge is 2.18. The van der Waals surface area contributed by atoms with Crippen LogP contribution in [0, 0.1) is 24.0 Å². The summed E-state index contributed by atoms with van der Waals surface area (Å²) in [7, 11) is 0. The molecule has 0 radical (unpaired) electrons. The zero-order valence-corrected chi connectivity index (χ0v) is 13.4. The molecule has 2 rings (SSSR count). The van der Waals surface area contributed by atoms with Gasteiger partial charge in [-0.1, -0.05) is 6.92 Å². The average molecular weight is 319 g/mol. The van der Waals surface area contributed by atoms with Crippen molar-refractivity contribution < 1.29 is 9.72 Å². The van der Waals surface area contributed by atoms with E-state index in [4.69, 9.17) is 0 Å². The van der Waals surface area contributed by atoms with Crippen LogP contribution < -0.4 is 5.32 Å². The van der Waals surface area contributed by atoms with Crippen molar-refractivity contribution in [3.63, 3.8) is 0 Å². The van der Waals surface area contributed by atoms with E-state index >= 15 is 0 Å². The van der Waals surface area contributed by atoms with Gasteiger partial charge in [0.25, 0.3) is 11.6 Å². The molecule has 0 bridgehead atoms. The molecule has 1 unspecified atom stereocenters. The number of carbonyl (C=O) groups is 1. The number of nitrogens with zero attached hydrogens (tertiary/aromatic N) is 2. The van der Waals surface area contributed by atoms with E-state index in [-0.39, 0.29) is 17.6 Å². The van der Waals surface area contributed by atoms with Gasteiger partial charge in [0.1, 0.15) is 5.01 Å². The maximum Gasteiger partial charge on any atom is 0.272 e. The van der Waals surface area contributed by atoms with Gasteiger partial charge >= 0.3 is 0 Å². The number of aromatic nitrogens is 1. The van der Waals surface area contributed by atoms with Gasteiger partial charge in [0.2, 0.25) is 0 Å². The molecule has 0 saturated heterocycles. The van der Waals surface area contributed by atoms with Crippen LogP contribution in [0.2, 0.25) is 0 Å². The Kier molecular flexibility index (Phi) is 4.87. The number of thiazole rings is 1. The standard InChI is InChI=1S/C15H17N3O3S/c1-4-12(15-16-10(3)8-22-15)17-14(19)11-5-6-13(18(20)21)9(2)7-11/h5-8,12H,4H2,1-3H3,(H,17,19). The first kappa shape index (κ1) is 16.1. The maximum absolute atomic E-state index is 12.3. The van der Waals surface area contributed by atoms with Crippen LogP contribution in [0.15, 0.2) is 23.6 Å². The molecule has 0 fully saturated rings. The number of carbonyl (C=O) groups excluding carboxylic acids is 1. The summed E-state index contributed by atoms with van der Waals surface area (Å²) in [6.07, 6.45) is 0.727. The van der Waals surface area contributed by atoms with Crippen LogP contribution in [-0.4, -0.2) is 15.8 Å². The number of rotatable bonds is 5. The Labute approximate surface area is 132 Å². The molecule has 22 heavy (non-hydrogen) atoms. The minimum absolute atomic E-state index is 0.0131. The fourth-order valence-electron chi connectivity index (χ4n) is 2.11. The number of amides is 1. The third-order valence-corrected chi connectivity index (χ3v) is 4.38. The number of nitro benzene ring substituents is 1. The van der Waals surface area contributed by atoms with E-state index in [0.29, 0.717) is 11.1 Å². The lowest BCUT2D eigenvalue weighted by atomic mass is 10.1. The summed E-state index contributed by atoms with van der Waals surface area (Å²) in [5, 5.41) is 16.6. The van der Waals surface area contributed by atoms with E-state index in [1.807, 2.05) is 19.2 Å². The first-order valence-corrected chi connectivity index (χ1v) is 7.78. The Morgan fingerprint density at radius 3 is 2.68 bits per heavy atom. The van der Waals surface area contributed by atoms with Crippen LogP contribution in [0.25, 0.3) is 0 Å². The zero-order valence-electron chi connectivity index (χ0n) is 12.6. The van der Waals surface area contributed by atoms with Gasteiger partial charge < -0.3 is 5.32 Å². The Morgan fingerprint density at radius 1 is 1.45 bits per heavy atom. The average Bonchev–Trinajstić information content (AvgIpc) is 2.90. The number of nitro groups is 1. The molecular weight excluding hydrogens is 302 g/mol. The molecule has 0 aliphatic carbocycles. The molecule has 7 heteroatoms. The van der Waals surface area contributed by atoms with Gasteiger partial charge in [-0.2, -0.15) is 0 Å². The zero-order chi connectivity index (χ0) is 16.3. The van der Waals surface area contributed by atoms with Crippen molar-refractivity contribution in [2.75, 3.05) is 0 Å². The van der Waals surface area contributed by atoms with Crippen molar-refractivity contribution in [3.8, 4) is 0 Å². The normalized spacial score (nSPS) is 12.0. The largest absolute Gasteiger partial charge is 0.343 e. The monoisotopic (exact) mass is 319 g/mol. The third kappa shape index (κ3) is 3.48. The summed E-state index contributed by atoms with van der Waals surface area (Å²) in [5.41, 5.74) is 1.82. The van der Waals surface area contributed by atoms with E-state index in [9.17, 15) is 14.9 Å². The summed E-state index contributed by atoms with van der Waals surface area (Å²) in [6.45, 7) is 5.51. The lowest BCUT2D eigenvalue weighted by molar-refractivity contribution is -0.385. The number of hydrogen-bond donors (Lipinski definition) is 1. The van der Waals surface area contributed by atoms with Crippen LogP contribution in [0.1, 0.15) is 46.0 Å². The molecule has 1 aromatic heterocycles. The Bertz CT molecular complexity index is 712. The topological polar surface area (TPSA) is 85.1 Å². The van der Waals surface area contributed by atoms with E-state index in [1.54, 1.807) is 6.92 Å². The van der Waals surface area contributed by atoms with Gasteiger partial charge in [-0.25, -0.2) is 4.98 Å². The highest BCUT2D eigenvalue weighted by molar-refractivity contribution is 7.09. The van der Waals surface area contributed by atoms with Gasteiger partial charge in [-0.3, -0.25) is 14.9 Å². The van der Waals surface area contributed by atoms with Gasteiger partial charge in [0, 0.05) is 28.3 Å². The van der Waals surface area contributed by atoms with E-state index in [0.717, 1.165) is 17.1 Å². The second kappa shape index (κ2) is 6.65. The van der Waals surface area contributed by atoms with Crippen LogP contribution >= 0.6 is 11.3 Å². The molecule has 0 saturated carbocycles. The second-order valence-electron chi connectivity index (χ2n) is 5.02. The minimum Gasteiger partial charge on any atom is -0.343 e. The predicted octanol–water partition coefficient (Wildman–Crippen LogP) is 3.55. The number of hydrogen-bond acceptors (Lipinski definition) is 5. The number of nitrogens with one attached hydrogen (secondary N) is 1. The van der Waals surface area contributed by atoms with Gasteiger partial charge in [0.05, 0.1) is 11.0 Å². The van der Waals surface area contributed by atoms with Crippen molar-refractivity contribution >= 4 is 22.9 Å². The maximum atomic E-state index is 12.3. The highest BCUT2D eigenvalue weighted by Crippen LogP contribution is 2.23. The van der Waals surface area contributed by atoms with Crippen LogP contribution in [-0.2, 0) is 0 Å². The lowest BCUT2D eigenvalue weighted by Crippen LogP contribution is -2.28. The molecule has 0 spiro atoms. The second-order valence-corrected chi connectivity index (χ2v) is 5.91. The summed E-state index contributed by atoms with van der Waals surface area (Å²) in [5.74, 6) is -0.252. The molecule has 1 atom stereocenters. The number of benzene rings is 1. The van der Waals surface area contributed by atoms with Crippen LogP contribution in [0.5, 0.6) is 0 Å². The molecule has 0 aliphatic heterocycles. The highest BCUT2D eigenvalue weighted by atomic mass is 32.1. The summed E-state index contributed by atoms with van der Waals surface area (Å²) < 4.78 is 0. The molecule has 6 nitrogen and oxygen atoms in total. The van der Waals surface area contributed by atoms with Crippen molar-refractivity contribution in [2.24, 2.45) is 0 Å². The quantitative estimate of drug-likeness (QED) is 0.674. The van der Waals surface area contributed by atoms with Gasteiger partial charge in [-0.05, 0) is 32.4 Å². The lowest BCUT2D eigenvalue weighted by Gasteiger charge is -2.14. The van der Waals surface area contributed by atoms with Crippen molar-refractivity contribution in [1.82, 2.24) is 10.3 Å². The molecule has 0 aliphatic rings. The van der Waals surface area contributed by atoms with Crippen molar-refractivity contribution in [3.05, 3.63) is 55.5 Å². The summed E-state index contributed by atoms with van der Waals surface area (Å²) >= 11 is 1.51. The third-order valence-electron chi connectivity index (χ3n) is 3.30. The van der Waals surface area contributed by atoms with Gasteiger partial charge in [0.15, 0.2) is 0 Å². The van der Waals surface area contributed by atoms with Crippen molar-refractivity contribution in [2.45, 2.75) is 33.2 Å². The fraction of sp³-hybridized carbons (Fsp3) is 0.333. The Hall–Kier alpha value is -2.28. The Balaban J connectivity index is 2.17. The summed E-state index contributed by atoms with van der Waals surface area (Å²) in [4.78, 5) is 27.1. The van der Waals surface area contributed by atoms with E-state index in [1.165, 1.54) is 29.5 Å². The van der Waals surface area contributed by atoms with Gasteiger partial charge in [-0.15, -0.1) is 11.3 Å². The molecule has 2 aromatic rings. The minimum atomic E-state index is -0.454.